The number of thioether (sulfide) groups is 1. The van der Waals surface area contributed by atoms with E-state index in [-0.39, 0.29) is 22.8 Å². The first kappa shape index (κ1) is 16.1. The van der Waals surface area contributed by atoms with Crippen molar-refractivity contribution in [1.29, 1.82) is 0 Å². The molecule has 2 aliphatic heterocycles. The molecule has 0 bridgehead atoms. The molecule has 1 saturated heterocycles. The molecule has 132 valence electrons. The van der Waals surface area contributed by atoms with Crippen molar-refractivity contribution in [3.8, 4) is 11.3 Å². The van der Waals surface area contributed by atoms with E-state index in [1.807, 2.05) is 23.9 Å². The molecule has 1 aromatic carbocycles. The molecule has 2 atom stereocenters. The molecule has 26 heavy (non-hydrogen) atoms. The van der Waals surface area contributed by atoms with Crippen LogP contribution in [0.4, 0.5) is 4.39 Å². The van der Waals surface area contributed by atoms with Gasteiger partial charge in [0, 0.05) is 29.3 Å². The molecule has 1 fully saturated rings. The summed E-state index contributed by atoms with van der Waals surface area (Å²) in [4.78, 5) is 17.6. The Morgan fingerprint density at radius 1 is 1.19 bits per heavy atom. The van der Waals surface area contributed by atoms with Crippen molar-refractivity contribution in [2.75, 3.05) is 5.75 Å². The van der Waals surface area contributed by atoms with Gasteiger partial charge in [-0.15, -0.1) is 0 Å². The zero-order chi connectivity index (χ0) is 17.7. The number of fused-ring (bicyclic) bond motifs is 1. The average Bonchev–Trinajstić information content (AvgIpc) is 3.32. The maximum Gasteiger partial charge on any atom is 0.161 e. The molecule has 0 spiro atoms. The summed E-state index contributed by atoms with van der Waals surface area (Å²) in [6.07, 6.45) is 4.85. The quantitative estimate of drug-likeness (QED) is 0.738. The van der Waals surface area contributed by atoms with Crippen molar-refractivity contribution in [3.63, 3.8) is 0 Å². The molecule has 5 heteroatoms. The predicted molar refractivity (Wildman–Crippen MR) is 101 cm³/mol. The van der Waals surface area contributed by atoms with E-state index in [0.717, 1.165) is 41.8 Å². The third kappa shape index (κ3) is 2.49. The smallest absolute Gasteiger partial charge is 0.161 e. The van der Waals surface area contributed by atoms with Crippen LogP contribution in [-0.2, 0) is 4.79 Å². The Kier molecular flexibility index (Phi) is 3.85. The number of hydrogen-bond donors (Lipinski definition) is 0. The topological polar surface area (TPSA) is 42.6 Å². The van der Waals surface area contributed by atoms with Crippen LogP contribution in [0.1, 0.15) is 37.2 Å². The third-order valence-electron chi connectivity index (χ3n) is 5.44. The predicted octanol–water partition coefficient (Wildman–Crippen LogP) is 5.14. The number of ketones is 1. The summed E-state index contributed by atoms with van der Waals surface area (Å²) < 4.78 is 19.8. The zero-order valence-corrected chi connectivity index (χ0v) is 15.0. The Morgan fingerprint density at radius 2 is 2.12 bits per heavy atom. The van der Waals surface area contributed by atoms with E-state index in [4.69, 9.17) is 9.41 Å². The largest absolute Gasteiger partial charge is 0.464 e. The Hall–Kier alpha value is -2.14. The van der Waals surface area contributed by atoms with Crippen molar-refractivity contribution in [2.24, 2.45) is 4.99 Å². The second-order valence-corrected chi connectivity index (χ2v) is 8.23. The lowest BCUT2D eigenvalue weighted by atomic mass is 9.76. The summed E-state index contributed by atoms with van der Waals surface area (Å²) in [7, 11) is 0. The van der Waals surface area contributed by atoms with Gasteiger partial charge in [0.25, 0.3) is 0 Å². The molecular weight excluding hydrogens is 349 g/mol. The summed E-state index contributed by atoms with van der Waals surface area (Å²) in [5.74, 6) is 1.40. The highest BCUT2D eigenvalue weighted by molar-refractivity contribution is 8.01. The first-order chi connectivity index (χ1) is 12.7. The fourth-order valence-electron chi connectivity index (χ4n) is 4.28. The van der Waals surface area contributed by atoms with Gasteiger partial charge in [0.2, 0.25) is 0 Å². The van der Waals surface area contributed by atoms with Gasteiger partial charge < -0.3 is 4.42 Å². The lowest BCUT2D eigenvalue weighted by Gasteiger charge is -2.33. The number of carbonyl (C=O) groups excluding carboxylic acids is 1. The molecule has 2 aromatic rings. The summed E-state index contributed by atoms with van der Waals surface area (Å²) in [6, 6.07) is 8.68. The molecule has 0 saturated carbocycles. The van der Waals surface area contributed by atoms with E-state index in [9.17, 15) is 9.18 Å². The highest BCUT2D eigenvalue weighted by atomic mass is 32.2. The lowest BCUT2D eigenvalue weighted by Crippen LogP contribution is -2.32. The molecule has 0 radical (unpaired) electrons. The van der Waals surface area contributed by atoms with E-state index in [1.54, 1.807) is 18.4 Å². The number of nitrogens with zero attached hydrogens (tertiary/aromatic N) is 1. The Morgan fingerprint density at radius 3 is 2.96 bits per heavy atom. The lowest BCUT2D eigenvalue weighted by molar-refractivity contribution is -0.116. The SMILES string of the molecule is O=C1CCCC2=C1C(c1ccc(F)c(-c3ccco3)c1)C1SCCC1=N2. The number of carbonyl (C=O) groups is 1. The molecule has 3 aliphatic rings. The van der Waals surface area contributed by atoms with Gasteiger partial charge in [-0.05, 0) is 54.8 Å². The van der Waals surface area contributed by atoms with Gasteiger partial charge in [0.05, 0.1) is 17.1 Å². The van der Waals surface area contributed by atoms with Crippen LogP contribution in [-0.4, -0.2) is 22.5 Å². The van der Waals surface area contributed by atoms with Crippen LogP contribution in [0.5, 0.6) is 0 Å². The van der Waals surface area contributed by atoms with E-state index in [0.29, 0.717) is 17.7 Å². The summed E-state index contributed by atoms with van der Waals surface area (Å²) in [5, 5.41) is 0.186. The first-order valence-corrected chi connectivity index (χ1v) is 10.1. The van der Waals surface area contributed by atoms with Crippen molar-refractivity contribution >= 4 is 23.3 Å². The van der Waals surface area contributed by atoms with Gasteiger partial charge >= 0.3 is 0 Å². The monoisotopic (exact) mass is 367 g/mol. The van der Waals surface area contributed by atoms with Crippen LogP contribution in [0.25, 0.3) is 11.3 Å². The van der Waals surface area contributed by atoms with Crippen LogP contribution in [0, 0.1) is 5.82 Å². The Balaban J connectivity index is 1.66. The molecular formula is C21H18FNO2S. The van der Waals surface area contributed by atoms with Crippen molar-refractivity contribution in [2.45, 2.75) is 36.9 Å². The van der Waals surface area contributed by atoms with Crippen LogP contribution in [0.3, 0.4) is 0 Å². The van der Waals surface area contributed by atoms with Crippen LogP contribution in [0.2, 0.25) is 0 Å². The highest BCUT2D eigenvalue weighted by Crippen LogP contribution is 2.48. The Bertz CT molecular complexity index is 945. The average molecular weight is 367 g/mol. The van der Waals surface area contributed by atoms with Gasteiger partial charge in [-0.1, -0.05) is 6.07 Å². The second-order valence-electron chi connectivity index (χ2n) is 6.98. The van der Waals surface area contributed by atoms with E-state index in [1.165, 1.54) is 11.8 Å². The standard InChI is InChI=1S/C21H18FNO2S/c22-14-7-6-12(11-13(14)18-5-2-9-25-18)19-20-15(3-1-4-17(20)24)23-16-8-10-26-21(16)19/h2,5-7,9,11,19,21H,1,3-4,8,10H2. The maximum atomic E-state index is 14.4. The molecule has 1 aliphatic carbocycles. The van der Waals surface area contributed by atoms with Gasteiger partial charge in [-0.2, -0.15) is 11.8 Å². The van der Waals surface area contributed by atoms with Crippen molar-refractivity contribution in [3.05, 3.63) is 59.2 Å². The minimum Gasteiger partial charge on any atom is -0.464 e. The number of aliphatic imine (C=N–C) groups is 1. The number of rotatable bonds is 2. The maximum absolute atomic E-state index is 14.4. The number of benzene rings is 1. The van der Waals surface area contributed by atoms with Gasteiger partial charge in [0.15, 0.2) is 5.78 Å². The van der Waals surface area contributed by atoms with Crippen molar-refractivity contribution < 1.29 is 13.6 Å². The minimum absolute atomic E-state index is 0.0351. The van der Waals surface area contributed by atoms with E-state index in [2.05, 4.69) is 0 Å². The molecule has 2 unspecified atom stereocenters. The first-order valence-electron chi connectivity index (χ1n) is 9.01. The van der Waals surface area contributed by atoms with Gasteiger partial charge in [-0.3, -0.25) is 9.79 Å². The van der Waals surface area contributed by atoms with Crippen LogP contribution in [0.15, 0.2) is 57.3 Å². The second kappa shape index (κ2) is 6.23. The number of halogens is 1. The number of furan rings is 1. The van der Waals surface area contributed by atoms with Crippen LogP contribution < -0.4 is 0 Å². The summed E-state index contributed by atoms with van der Waals surface area (Å²) >= 11 is 1.86. The van der Waals surface area contributed by atoms with Crippen molar-refractivity contribution in [1.82, 2.24) is 0 Å². The molecule has 5 rings (SSSR count). The number of Topliss-reactive ketones (excluding diaryl/α,β-unsaturated/α-hetero) is 1. The van der Waals surface area contributed by atoms with Gasteiger partial charge in [-0.25, -0.2) is 4.39 Å². The molecule has 0 amide bonds. The normalized spacial score (nSPS) is 25.1. The molecule has 3 heterocycles. The summed E-state index contributed by atoms with van der Waals surface area (Å²) in [5.41, 5.74) is 4.44. The number of hydrogen-bond acceptors (Lipinski definition) is 4. The molecule has 0 N–H and O–H groups in total. The molecule has 3 nitrogen and oxygen atoms in total. The van der Waals surface area contributed by atoms with Crippen LogP contribution >= 0.6 is 11.8 Å². The fraction of sp³-hybridized carbons (Fsp3) is 0.333. The van der Waals surface area contributed by atoms with E-state index >= 15 is 0 Å². The number of allylic oxidation sites excluding steroid dienone is 2. The third-order valence-corrected chi connectivity index (χ3v) is 6.78. The minimum atomic E-state index is -0.309. The van der Waals surface area contributed by atoms with Gasteiger partial charge in [0.1, 0.15) is 11.6 Å². The highest BCUT2D eigenvalue weighted by Gasteiger charge is 2.42. The van der Waals surface area contributed by atoms with E-state index < -0.39 is 0 Å². The molecule has 1 aromatic heterocycles. The fourth-order valence-corrected chi connectivity index (χ4v) is 5.71. The Labute approximate surface area is 155 Å². The zero-order valence-electron chi connectivity index (χ0n) is 14.2. The summed E-state index contributed by atoms with van der Waals surface area (Å²) in [6.45, 7) is 0.